The Hall–Kier alpha value is -0.140. The smallest absolute Gasteiger partial charge is 0.243 e. The molecule has 2 rings (SSSR count). The van der Waals surface area contributed by atoms with Crippen LogP contribution in [-0.2, 0) is 26.7 Å². The molecule has 0 atom stereocenters. The number of hydrogen-bond acceptors (Lipinski definition) is 3. The monoisotopic (exact) mass is 355 g/mol. The maximum Gasteiger partial charge on any atom is 0.243 e. The standard InChI is InChI=1S/C12H15Cl2NO3S2/c1-9-10(8-13)6-11(14)7-12(9)20(17,18)15-2-4-19(16)5-3-15/h6-7H,2-5,8H2,1H3. The van der Waals surface area contributed by atoms with E-state index in [9.17, 15) is 12.6 Å². The second-order valence-electron chi connectivity index (χ2n) is 4.57. The SMILES string of the molecule is Cc1c(CCl)cc(Cl)cc1S(=O)(=O)N1CCS(=O)CC1. The van der Waals surface area contributed by atoms with Crippen LogP contribution in [0, 0.1) is 6.92 Å². The van der Waals surface area contributed by atoms with Crippen LogP contribution in [0.1, 0.15) is 11.1 Å². The van der Waals surface area contributed by atoms with Crippen molar-refractivity contribution in [2.45, 2.75) is 17.7 Å². The van der Waals surface area contributed by atoms with Crippen LogP contribution in [0.4, 0.5) is 0 Å². The maximum absolute atomic E-state index is 12.7. The summed E-state index contributed by atoms with van der Waals surface area (Å²) in [5.41, 5.74) is 1.33. The molecule has 1 heterocycles. The van der Waals surface area contributed by atoms with Gasteiger partial charge in [0.05, 0.1) is 4.90 Å². The Kier molecular flexibility index (Phi) is 5.13. The molecule has 0 aromatic heterocycles. The van der Waals surface area contributed by atoms with Crippen molar-refractivity contribution < 1.29 is 12.6 Å². The van der Waals surface area contributed by atoms with Gasteiger partial charge in [0.25, 0.3) is 0 Å². The van der Waals surface area contributed by atoms with E-state index in [4.69, 9.17) is 23.2 Å². The first-order chi connectivity index (χ1) is 9.36. The molecule has 0 radical (unpaired) electrons. The van der Waals surface area contributed by atoms with Gasteiger partial charge in [0.1, 0.15) is 0 Å². The van der Waals surface area contributed by atoms with Gasteiger partial charge in [0.2, 0.25) is 10.0 Å². The van der Waals surface area contributed by atoms with Crippen molar-refractivity contribution in [1.29, 1.82) is 0 Å². The molecule has 8 heteroatoms. The molecule has 1 aliphatic rings. The highest BCUT2D eigenvalue weighted by atomic mass is 35.5. The van der Waals surface area contributed by atoms with E-state index in [2.05, 4.69) is 0 Å². The lowest BCUT2D eigenvalue weighted by Gasteiger charge is -2.26. The van der Waals surface area contributed by atoms with Gasteiger partial charge < -0.3 is 0 Å². The van der Waals surface area contributed by atoms with E-state index in [0.29, 0.717) is 27.7 Å². The Morgan fingerprint density at radius 2 is 1.90 bits per heavy atom. The van der Waals surface area contributed by atoms with Gasteiger partial charge in [0, 0.05) is 46.3 Å². The molecule has 1 saturated heterocycles. The minimum absolute atomic E-state index is 0.188. The zero-order valence-electron chi connectivity index (χ0n) is 10.9. The summed E-state index contributed by atoms with van der Waals surface area (Å²) >= 11 is 11.8. The molecule has 1 aromatic rings. The second-order valence-corrected chi connectivity index (χ2v) is 8.88. The zero-order chi connectivity index (χ0) is 14.9. The van der Waals surface area contributed by atoms with Crippen LogP contribution in [-0.4, -0.2) is 41.5 Å². The molecule has 0 saturated carbocycles. The first kappa shape index (κ1) is 16.2. The first-order valence-corrected chi connectivity index (χ1v) is 9.90. The fraction of sp³-hybridized carbons (Fsp3) is 0.500. The highest BCUT2D eigenvalue weighted by Crippen LogP contribution is 2.28. The van der Waals surface area contributed by atoms with Gasteiger partial charge in [-0.05, 0) is 30.2 Å². The number of alkyl halides is 1. The van der Waals surface area contributed by atoms with Crippen molar-refractivity contribution in [2.75, 3.05) is 24.6 Å². The number of sulfonamides is 1. The lowest BCUT2D eigenvalue weighted by atomic mass is 10.1. The van der Waals surface area contributed by atoms with Gasteiger partial charge >= 0.3 is 0 Å². The van der Waals surface area contributed by atoms with Crippen molar-refractivity contribution >= 4 is 44.0 Å². The molecule has 1 aromatic carbocycles. The molecule has 0 unspecified atom stereocenters. The van der Waals surface area contributed by atoms with E-state index in [1.807, 2.05) is 0 Å². The Balaban J connectivity index is 2.44. The molecule has 0 N–H and O–H groups in total. The summed E-state index contributed by atoms with van der Waals surface area (Å²) in [7, 11) is -4.54. The summed E-state index contributed by atoms with van der Waals surface area (Å²) in [6, 6.07) is 3.13. The van der Waals surface area contributed by atoms with E-state index < -0.39 is 20.8 Å². The van der Waals surface area contributed by atoms with Crippen molar-refractivity contribution in [3.8, 4) is 0 Å². The fourth-order valence-corrected chi connectivity index (χ4v) is 5.72. The molecule has 20 heavy (non-hydrogen) atoms. The minimum atomic E-state index is -3.62. The molecule has 0 spiro atoms. The third kappa shape index (κ3) is 3.20. The van der Waals surface area contributed by atoms with Crippen LogP contribution in [0.25, 0.3) is 0 Å². The number of halogens is 2. The lowest BCUT2D eigenvalue weighted by Crippen LogP contribution is -2.41. The van der Waals surface area contributed by atoms with Gasteiger partial charge in [-0.1, -0.05) is 11.6 Å². The summed E-state index contributed by atoms with van der Waals surface area (Å²) in [4.78, 5) is 0.188. The highest BCUT2D eigenvalue weighted by Gasteiger charge is 2.30. The predicted octanol–water partition coefficient (Wildman–Crippen LogP) is 2.14. The van der Waals surface area contributed by atoms with Gasteiger partial charge in [-0.15, -0.1) is 11.6 Å². The van der Waals surface area contributed by atoms with Crippen molar-refractivity contribution in [1.82, 2.24) is 4.31 Å². The number of hydrogen-bond donors (Lipinski definition) is 0. The second kappa shape index (κ2) is 6.32. The average molecular weight is 356 g/mol. The van der Waals surface area contributed by atoms with Gasteiger partial charge in [0.15, 0.2) is 0 Å². The average Bonchev–Trinajstić information content (AvgIpc) is 2.41. The summed E-state index contributed by atoms with van der Waals surface area (Å²) < 4.78 is 38.0. The molecular formula is C12H15Cl2NO3S2. The lowest BCUT2D eigenvalue weighted by molar-refractivity contribution is 0.438. The Labute approximate surface area is 131 Å². The number of rotatable bonds is 3. The van der Waals surface area contributed by atoms with Gasteiger partial charge in [-0.3, -0.25) is 4.21 Å². The van der Waals surface area contributed by atoms with E-state index in [1.54, 1.807) is 13.0 Å². The first-order valence-electron chi connectivity index (χ1n) is 6.06. The van der Waals surface area contributed by atoms with E-state index in [-0.39, 0.29) is 23.9 Å². The quantitative estimate of drug-likeness (QED) is 0.780. The van der Waals surface area contributed by atoms with Crippen molar-refractivity contribution in [3.05, 3.63) is 28.3 Å². The zero-order valence-corrected chi connectivity index (χ0v) is 14.1. The Morgan fingerprint density at radius 1 is 1.30 bits per heavy atom. The van der Waals surface area contributed by atoms with Crippen LogP contribution in [0.3, 0.4) is 0 Å². The Morgan fingerprint density at radius 3 is 2.45 bits per heavy atom. The largest absolute Gasteiger partial charge is 0.259 e. The molecule has 1 aliphatic heterocycles. The molecular weight excluding hydrogens is 341 g/mol. The highest BCUT2D eigenvalue weighted by molar-refractivity contribution is 7.89. The van der Waals surface area contributed by atoms with Crippen molar-refractivity contribution in [2.24, 2.45) is 0 Å². The van der Waals surface area contributed by atoms with E-state index >= 15 is 0 Å². The molecule has 0 aliphatic carbocycles. The van der Waals surface area contributed by atoms with E-state index in [0.717, 1.165) is 0 Å². The van der Waals surface area contributed by atoms with Crippen LogP contribution >= 0.6 is 23.2 Å². The third-order valence-corrected chi connectivity index (χ3v) is 7.14. The van der Waals surface area contributed by atoms with Gasteiger partial charge in [-0.25, -0.2) is 8.42 Å². The Bertz CT molecular complexity index is 636. The molecule has 0 amide bonds. The molecule has 4 nitrogen and oxygen atoms in total. The number of nitrogens with zero attached hydrogens (tertiary/aromatic N) is 1. The predicted molar refractivity (Wildman–Crippen MR) is 82.4 cm³/mol. The van der Waals surface area contributed by atoms with Crippen molar-refractivity contribution in [3.63, 3.8) is 0 Å². The normalized spacial score (nSPS) is 18.4. The molecule has 0 bridgehead atoms. The fourth-order valence-electron chi connectivity index (χ4n) is 2.12. The molecule has 112 valence electrons. The van der Waals surface area contributed by atoms with Crippen LogP contribution in [0.15, 0.2) is 17.0 Å². The van der Waals surface area contributed by atoms with E-state index in [1.165, 1.54) is 10.4 Å². The number of benzene rings is 1. The third-order valence-electron chi connectivity index (χ3n) is 3.33. The summed E-state index contributed by atoms with van der Waals surface area (Å²) in [5.74, 6) is 0.960. The van der Waals surface area contributed by atoms with Crippen LogP contribution in [0.5, 0.6) is 0 Å². The maximum atomic E-state index is 12.7. The molecule has 1 fully saturated rings. The topological polar surface area (TPSA) is 54.5 Å². The van der Waals surface area contributed by atoms with Gasteiger partial charge in [-0.2, -0.15) is 4.31 Å². The summed E-state index contributed by atoms with van der Waals surface area (Å²) in [5, 5.41) is 0.352. The summed E-state index contributed by atoms with van der Waals surface area (Å²) in [6.45, 7) is 2.28. The van der Waals surface area contributed by atoms with Crippen LogP contribution < -0.4 is 0 Å². The van der Waals surface area contributed by atoms with Crippen LogP contribution in [0.2, 0.25) is 5.02 Å². The minimum Gasteiger partial charge on any atom is -0.259 e. The summed E-state index contributed by atoms with van der Waals surface area (Å²) in [6.07, 6.45) is 0.